The average Bonchev–Trinajstić information content (AvgIpc) is 3.14. The second-order valence-electron chi connectivity index (χ2n) is 6.57. The van der Waals surface area contributed by atoms with Crippen LogP contribution in [0, 0.1) is 11.3 Å². The fourth-order valence-electron chi connectivity index (χ4n) is 3.78. The molecular weight excluding hydrogens is 300 g/mol. The number of fused-ring (bicyclic) bond motifs is 1. The van der Waals surface area contributed by atoms with E-state index < -0.39 is 0 Å². The summed E-state index contributed by atoms with van der Waals surface area (Å²) in [4.78, 5) is 9.24. The summed E-state index contributed by atoms with van der Waals surface area (Å²) in [5.74, 6) is 0. The monoisotopic (exact) mass is 322 g/mol. The lowest BCUT2D eigenvalue weighted by Gasteiger charge is -2.37. The van der Waals surface area contributed by atoms with Crippen LogP contribution in [-0.2, 0) is 4.74 Å². The molecule has 3 heterocycles. The van der Waals surface area contributed by atoms with E-state index in [1.807, 2.05) is 18.2 Å². The molecule has 1 unspecified atom stereocenters. The normalized spacial score (nSPS) is 22.0. The molecule has 2 fully saturated rings. The standard InChI is InChI=1S/C19H22N4O/c20-12-15-13-21-18-6-2-1-5-17(18)19(15)23-9-7-22(8-10-23)14-16-4-3-11-24-16/h1-2,5-6,13,16H,3-4,7-11,14H2. The summed E-state index contributed by atoms with van der Waals surface area (Å²) in [6, 6.07) is 10.4. The molecule has 0 spiro atoms. The lowest BCUT2D eigenvalue weighted by molar-refractivity contribution is 0.0713. The minimum absolute atomic E-state index is 0.410. The predicted molar refractivity (Wildman–Crippen MR) is 94.1 cm³/mol. The topological polar surface area (TPSA) is 52.4 Å². The van der Waals surface area contributed by atoms with Crippen molar-refractivity contribution in [2.24, 2.45) is 0 Å². The Hall–Kier alpha value is -2.16. The lowest BCUT2D eigenvalue weighted by atomic mass is 10.1. The van der Waals surface area contributed by atoms with Crippen LogP contribution in [0.5, 0.6) is 0 Å². The molecule has 2 aliphatic rings. The number of para-hydroxylation sites is 1. The van der Waals surface area contributed by atoms with Gasteiger partial charge in [-0.2, -0.15) is 5.26 Å². The second kappa shape index (κ2) is 6.76. The zero-order chi connectivity index (χ0) is 16.4. The van der Waals surface area contributed by atoms with Gasteiger partial charge in [-0.1, -0.05) is 18.2 Å². The van der Waals surface area contributed by atoms with Gasteiger partial charge in [0.2, 0.25) is 0 Å². The van der Waals surface area contributed by atoms with Gasteiger partial charge in [0, 0.05) is 50.9 Å². The molecule has 124 valence electrons. The maximum absolute atomic E-state index is 9.51. The number of nitriles is 1. The van der Waals surface area contributed by atoms with E-state index in [1.54, 1.807) is 6.20 Å². The summed E-state index contributed by atoms with van der Waals surface area (Å²) < 4.78 is 5.75. The van der Waals surface area contributed by atoms with Crippen molar-refractivity contribution in [3.63, 3.8) is 0 Å². The van der Waals surface area contributed by atoms with Gasteiger partial charge in [0.1, 0.15) is 6.07 Å². The fraction of sp³-hybridized carbons (Fsp3) is 0.474. The highest BCUT2D eigenvalue weighted by Crippen LogP contribution is 2.30. The molecule has 0 aliphatic carbocycles. The molecule has 2 aromatic rings. The van der Waals surface area contributed by atoms with Crippen molar-refractivity contribution in [1.29, 1.82) is 5.26 Å². The second-order valence-corrected chi connectivity index (χ2v) is 6.57. The van der Waals surface area contributed by atoms with Crippen molar-refractivity contribution >= 4 is 16.6 Å². The number of pyridine rings is 1. The highest BCUT2D eigenvalue weighted by molar-refractivity contribution is 5.94. The third-order valence-corrected chi connectivity index (χ3v) is 5.04. The van der Waals surface area contributed by atoms with Crippen LogP contribution in [0.15, 0.2) is 30.5 Å². The maximum atomic E-state index is 9.51. The van der Waals surface area contributed by atoms with E-state index in [9.17, 15) is 5.26 Å². The summed E-state index contributed by atoms with van der Waals surface area (Å²) in [6.45, 7) is 5.86. The number of hydrogen-bond donors (Lipinski definition) is 0. The van der Waals surface area contributed by atoms with Gasteiger partial charge < -0.3 is 9.64 Å². The number of aromatic nitrogens is 1. The Morgan fingerprint density at radius 2 is 2.04 bits per heavy atom. The van der Waals surface area contributed by atoms with Gasteiger partial charge >= 0.3 is 0 Å². The van der Waals surface area contributed by atoms with Gasteiger partial charge in [0.05, 0.1) is 22.9 Å². The Balaban J connectivity index is 1.53. The van der Waals surface area contributed by atoms with E-state index in [4.69, 9.17) is 4.74 Å². The summed E-state index contributed by atoms with van der Waals surface area (Å²) in [7, 11) is 0. The number of benzene rings is 1. The predicted octanol–water partition coefficient (Wildman–Crippen LogP) is 2.41. The van der Waals surface area contributed by atoms with Crippen LogP contribution in [0.4, 0.5) is 5.69 Å². The minimum Gasteiger partial charge on any atom is -0.377 e. The molecule has 0 radical (unpaired) electrons. The average molecular weight is 322 g/mol. The third kappa shape index (κ3) is 2.95. The summed E-state index contributed by atoms with van der Waals surface area (Å²) >= 11 is 0. The van der Waals surface area contributed by atoms with E-state index in [1.165, 1.54) is 12.8 Å². The fourth-order valence-corrected chi connectivity index (χ4v) is 3.78. The molecule has 1 aromatic heterocycles. The molecule has 2 saturated heterocycles. The summed E-state index contributed by atoms with van der Waals surface area (Å²) in [6.07, 6.45) is 4.50. The van der Waals surface area contributed by atoms with Gasteiger partial charge in [0.25, 0.3) is 0 Å². The first-order valence-electron chi connectivity index (χ1n) is 8.72. The van der Waals surface area contributed by atoms with Crippen LogP contribution >= 0.6 is 0 Å². The highest BCUT2D eigenvalue weighted by Gasteiger charge is 2.24. The highest BCUT2D eigenvalue weighted by atomic mass is 16.5. The Morgan fingerprint density at radius 3 is 2.79 bits per heavy atom. The molecule has 0 amide bonds. The van der Waals surface area contributed by atoms with Crippen LogP contribution in [-0.4, -0.2) is 55.3 Å². The number of ether oxygens (including phenoxy) is 1. The van der Waals surface area contributed by atoms with E-state index in [2.05, 4.69) is 26.9 Å². The van der Waals surface area contributed by atoms with Crippen LogP contribution in [0.2, 0.25) is 0 Å². The smallest absolute Gasteiger partial charge is 0.103 e. The summed E-state index contributed by atoms with van der Waals surface area (Å²) in [5.41, 5.74) is 2.66. The molecule has 0 saturated carbocycles. The Morgan fingerprint density at radius 1 is 1.21 bits per heavy atom. The van der Waals surface area contributed by atoms with Gasteiger partial charge in [0.15, 0.2) is 0 Å². The SMILES string of the molecule is N#Cc1cnc2ccccc2c1N1CCN(CC2CCCO2)CC1. The molecule has 24 heavy (non-hydrogen) atoms. The third-order valence-electron chi connectivity index (χ3n) is 5.04. The first-order chi connectivity index (χ1) is 11.8. The van der Waals surface area contributed by atoms with Crippen LogP contribution in [0.25, 0.3) is 10.9 Å². The van der Waals surface area contributed by atoms with Crippen molar-refractivity contribution in [2.45, 2.75) is 18.9 Å². The van der Waals surface area contributed by atoms with Crippen molar-refractivity contribution in [1.82, 2.24) is 9.88 Å². The molecule has 1 atom stereocenters. The van der Waals surface area contributed by atoms with Crippen molar-refractivity contribution < 1.29 is 4.74 Å². The van der Waals surface area contributed by atoms with E-state index >= 15 is 0 Å². The van der Waals surface area contributed by atoms with E-state index in [-0.39, 0.29) is 0 Å². The number of hydrogen-bond acceptors (Lipinski definition) is 5. The molecule has 5 nitrogen and oxygen atoms in total. The van der Waals surface area contributed by atoms with E-state index in [0.29, 0.717) is 11.7 Å². The Bertz CT molecular complexity index is 756. The first kappa shape index (κ1) is 15.4. The van der Waals surface area contributed by atoms with Gasteiger partial charge in [-0.3, -0.25) is 9.88 Å². The Labute approximate surface area is 142 Å². The van der Waals surface area contributed by atoms with Crippen LogP contribution < -0.4 is 4.90 Å². The molecule has 4 rings (SSSR count). The summed E-state index contributed by atoms with van der Waals surface area (Å²) in [5, 5.41) is 10.6. The van der Waals surface area contributed by atoms with Gasteiger partial charge in [-0.25, -0.2) is 0 Å². The zero-order valence-corrected chi connectivity index (χ0v) is 13.8. The number of piperazine rings is 1. The number of rotatable bonds is 3. The zero-order valence-electron chi connectivity index (χ0n) is 13.8. The molecule has 0 bridgehead atoms. The van der Waals surface area contributed by atoms with Gasteiger partial charge in [-0.15, -0.1) is 0 Å². The molecule has 5 heteroatoms. The minimum atomic E-state index is 0.410. The number of anilines is 1. The quantitative estimate of drug-likeness (QED) is 0.868. The van der Waals surface area contributed by atoms with Crippen LogP contribution in [0.3, 0.4) is 0 Å². The first-order valence-corrected chi connectivity index (χ1v) is 8.72. The largest absolute Gasteiger partial charge is 0.377 e. The van der Waals surface area contributed by atoms with E-state index in [0.717, 1.165) is 55.9 Å². The number of nitrogens with zero attached hydrogens (tertiary/aromatic N) is 4. The van der Waals surface area contributed by atoms with Gasteiger partial charge in [-0.05, 0) is 18.9 Å². The van der Waals surface area contributed by atoms with Crippen molar-refractivity contribution in [3.8, 4) is 6.07 Å². The van der Waals surface area contributed by atoms with Crippen LogP contribution in [0.1, 0.15) is 18.4 Å². The van der Waals surface area contributed by atoms with Crippen molar-refractivity contribution in [2.75, 3.05) is 44.2 Å². The molecule has 1 aromatic carbocycles. The molecular formula is C19H22N4O. The Kier molecular flexibility index (Phi) is 4.33. The molecule has 2 aliphatic heterocycles. The maximum Gasteiger partial charge on any atom is 0.103 e. The molecule has 0 N–H and O–H groups in total. The lowest BCUT2D eigenvalue weighted by Crippen LogP contribution is -2.48. The van der Waals surface area contributed by atoms with Crippen molar-refractivity contribution in [3.05, 3.63) is 36.0 Å².